The quantitative estimate of drug-likeness (QED) is 0.404. The van der Waals surface area contributed by atoms with Crippen LogP contribution in [0.25, 0.3) is 0 Å². The van der Waals surface area contributed by atoms with Crippen LogP contribution >= 0.6 is 0 Å². The fourth-order valence-electron chi connectivity index (χ4n) is 0. The predicted octanol–water partition coefficient (Wildman–Crippen LogP) is -0.102. The average Bonchev–Trinajstić information content (AvgIpc) is 1.37. The second kappa shape index (κ2) is 8.83. The molecular formula is C3H9MgO. The predicted molar refractivity (Wildman–Crippen MR) is 25.5 cm³/mol. The van der Waals surface area contributed by atoms with Gasteiger partial charge in [0.15, 0.2) is 0 Å². The lowest BCUT2D eigenvalue weighted by molar-refractivity contribution is 0.261. The Labute approximate surface area is 48.9 Å². The van der Waals surface area contributed by atoms with Crippen LogP contribution in [0.3, 0.4) is 0 Å². The minimum atomic E-state index is 0. The number of hydrogen-bond acceptors (Lipinski definition) is 1. The normalized spacial score (nSPS) is 6.00. The van der Waals surface area contributed by atoms with E-state index >= 15 is 0 Å². The van der Waals surface area contributed by atoms with Crippen LogP contribution in [-0.2, 0) is 4.74 Å². The molecule has 0 aliphatic rings. The van der Waals surface area contributed by atoms with Crippen LogP contribution in [0.5, 0.6) is 0 Å². The maximum absolute atomic E-state index is 4.29. The van der Waals surface area contributed by atoms with Crippen LogP contribution in [0, 0.1) is 7.11 Å². The summed E-state index contributed by atoms with van der Waals surface area (Å²) in [5.41, 5.74) is 0. The highest BCUT2D eigenvalue weighted by Crippen LogP contribution is 1.56. The van der Waals surface area contributed by atoms with Crippen LogP contribution in [0.4, 0.5) is 0 Å². The molecule has 2 heteroatoms. The Bertz CT molecular complexity index is 8.85. The molecule has 0 amide bonds. The van der Waals surface area contributed by atoms with Crippen LogP contribution in [0.1, 0.15) is 6.92 Å². The lowest BCUT2D eigenvalue weighted by Crippen LogP contribution is -1.69. The first-order valence-electron chi connectivity index (χ1n) is 1.28. The van der Waals surface area contributed by atoms with Crippen LogP contribution < -0.4 is 0 Å². The Hall–Kier alpha value is 0.726. The molecular weight excluding hydrogens is 76.3 g/mol. The highest BCUT2D eigenvalue weighted by atomic mass is 24.3. The summed E-state index contributed by atoms with van der Waals surface area (Å²) in [4.78, 5) is 0. The molecule has 0 aliphatic carbocycles. The van der Waals surface area contributed by atoms with Crippen molar-refractivity contribution in [2.45, 2.75) is 6.92 Å². The molecule has 29 valence electrons. The van der Waals surface area contributed by atoms with E-state index in [-0.39, 0.29) is 23.1 Å². The summed E-state index contributed by atoms with van der Waals surface area (Å²) in [6.07, 6.45) is 0. The topological polar surface area (TPSA) is 9.23 Å². The Morgan fingerprint density at radius 2 is 2.00 bits per heavy atom. The fourth-order valence-corrected chi connectivity index (χ4v) is 0. The van der Waals surface area contributed by atoms with Gasteiger partial charge in [-0.1, -0.05) is 0 Å². The zero-order valence-electron chi connectivity index (χ0n) is 2.82. The molecule has 0 atom stereocenters. The first-order valence-corrected chi connectivity index (χ1v) is 1.28. The lowest BCUT2D eigenvalue weighted by atomic mass is 10.9. The van der Waals surface area contributed by atoms with E-state index in [0.29, 0.717) is 6.61 Å². The van der Waals surface area contributed by atoms with Crippen molar-refractivity contribution >= 4 is 23.1 Å². The first kappa shape index (κ1) is 9.21. The summed E-state index contributed by atoms with van der Waals surface area (Å²) in [7, 11) is 3.10. The molecule has 0 aromatic rings. The van der Waals surface area contributed by atoms with E-state index in [1.807, 2.05) is 6.92 Å². The van der Waals surface area contributed by atoms with Gasteiger partial charge in [0, 0.05) is 6.61 Å². The van der Waals surface area contributed by atoms with Gasteiger partial charge in [-0.25, -0.2) is 0 Å². The molecule has 0 bridgehead atoms. The third-order valence-corrected chi connectivity index (χ3v) is 0.204. The summed E-state index contributed by atoms with van der Waals surface area (Å²) in [5, 5.41) is 0. The Morgan fingerprint density at radius 3 is 2.00 bits per heavy atom. The SMILES string of the molecule is [CH2]OCC.[MgH2]. The van der Waals surface area contributed by atoms with Crippen molar-refractivity contribution in [2.24, 2.45) is 0 Å². The third kappa shape index (κ3) is 11.8. The second-order valence-electron chi connectivity index (χ2n) is 0.493. The summed E-state index contributed by atoms with van der Waals surface area (Å²) in [6, 6.07) is 0. The van der Waals surface area contributed by atoms with Crippen LogP contribution in [0.2, 0.25) is 0 Å². The van der Waals surface area contributed by atoms with Gasteiger partial charge in [-0.15, -0.1) is 0 Å². The number of rotatable bonds is 1. The summed E-state index contributed by atoms with van der Waals surface area (Å²) >= 11 is 0. The van der Waals surface area contributed by atoms with Gasteiger partial charge < -0.3 is 4.74 Å². The van der Waals surface area contributed by atoms with Gasteiger partial charge in [0.05, 0.1) is 7.11 Å². The summed E-state index contributed by atoms with van der Waals surface area (Å²) in [5.74, 6) is 0. The minimum Gasteiger partial charge on any atom is -0.379 e. The average molecular weight is 85.4 g/mol. The van der Waals surface area contributed by atoms with Gasteiger partial charge in [-0.05, 0) is 6.92 Å². The molecule has 0 aromatic carbocycles. The first-order chi connectivity index (χ1) is 1.91. The van der Waals surface area contributed by atoms with Crippen molar-refractivity contribution < 1.29 is 4.74 Å². The number of ether oxygens (including phenoxy) is 1. The molecule has 5 heavy (non-hydrogen) atoms. The maximum Gasteiger partial charge on any atom is 0.316 e. The summed E-state index contributed by atoms with van der Waals surface area (Å²) < 4.78 is 4.29. The van der Waals surface area contributed by atoms with E-state index in [0.717, 1.165) is 0 Å². The molecule has 0 spiro atoms. The highest BCUT2D eigenvalue weighted by molar-refractivity contribution is 5.75. The molecule has 0 aliphatic heterocycles. The van der Waals surface area contributed by atoms with Gasteiger partial charge in [0.2, 0.25) is 0 Å². The molecule has 0 heterocycles. The van der Waals surface area contributed by atoms with E-state index in [1.165, 1.54) is 0 Å². The van der Waals surface area contributed by atoms with E-state index < -0.39 is 0 Å². The molecule has 0 unspecified atom stereocenters. The standard InChI is InChI=1S/C3H7O.Mg.2H/c1-3-4-2;;;/h2-3H2,1H3;;;. The largest absolute Gasteiger partial charge is 0.379 e. The molecule has 1 nitrogen and oxygen atoms in total. The highest BCUT2D eigenvalue weighted by Gasteiger charge is 1.52. The molecule has 0 saturated heterocycles. The van der Waals surface area contributed by atoms with Crippen LogP contribution in [-0.4, -0.2) is 29.7 Å². The lowest BCUT2D eigenvalue weighted by Gasteiger charge is -1.75. The van der Waals surface area contributed by atoms with Crippen molar-refractivity contribution in [1.29, 1.82) is 0 Å². The van der Waals surface area contributed by atoms with E-state index in [2.05, 4.69) is 11.8 Å². The minimum absolute atomic E-state index is 0. The van der Waals surface area contributed by atoms with Crippen molar-refractivity contribution in [2.75, 3.05) is 6.61 Å². The van der Waals surface area contributed by atoms with Gasteiger partial charge >= 0.3 is 23.1 Å². The van der Waals surface area contributed by atoms with Crippen molar-refractivity contribution in [1.82, 2.24) is 0 Å². The second-order valence-corrected chi connectivity index (χ2v) is 0.493. The van der Waals surface area contributed by atoms with E-state index in [4.69, 9.17) is 0 Å². The molecule has 0 rings (SSSR count). The fraction of sp³-hybridized carbons (Fsp3) is 0.667. The van der Waals surface area contributed by atoms with Gasteiger partial charge in [-0.2, -0.15) is 0 Å². The molecule has 0 saturated carbocycles. The summed E-state index contributed by atoms with van der Waals surface area (Å²) in [6.45, 7) is 2.60. The van der Waals surface area contributed by atoms with Gasteiger partial charge in [-0.3, -0.25) is 0 Å². The zero-order chi connectivity index (χ0) is 3.41. The smallest absolute Gasteiger partial charge is 0.316 e. The van der Waals surface area contributed by atoms with Gasteiger partial charge in [0.1, 0.15) is 0 Å². The molecule has 0 fully saturated rings. The Kier molecular flexibility index (Phi) is 16.3. The molecule has 0 aromatic heterocycles. The van der Waals surface area contributed by atoms with Crippen molar-refractivity contribution in [3.05, 3.63) is 7.11 Å². The molecule has 0 N–H and O–H groups in total. The zero-order valence-corrected chi connectivity index (χ0v) is 2.82. The number of hydrogen-bond donors (Lipinski definition) is 0. The maximum atomic E-state index is 4.29. The van der Waals surface area contributed by atoms with Crippen LogP contribution in [0.15, 0.2) is 0 Å². The Morgan fingerprint density at radius 1 is 1.80 bits per heavy atom. The van der Waals surface area contributed by atoms with Crippen molar-refractivity contribution in [3.63, 3.8) is 0 Å². The van der Waals surface area contributed by atoms with Gasteiger partial charge in [0.25, 0.3) is 0 Å². The Balaban J connectivity index is 0. The van der Waals surface area contributed by atoms with Crippen molar-refractivity contribution in [3.8, 4) is 0 Å². The van der Waals surface area contributed by atoms with E-state index in [9.17, 15) is 0 Å². The monoisotopic (exact) mass is 85.1 g/mol. The third-order valence-electron chi connectivity index (χ3n) is 0.204. The van der Waals surface area contributed by atoms with E-state index in [1.54, 1.807) is 0 Å². The molecule has 1 radical (unpaired) electrons.